The molecule has 0 fully saturated rings. The molecule has 0 unspecified atom stereocenters. The zero-order chi connectivity index (χ0) is 20.1. The Morgan fingerprint density at radius 3 is 2.24 bits per heavy atom. The Kier molecular flexibility index (Phi) is 5.59. The van der Waals surface area contributed by atoms with Crippen LogP contribution in [0.5, 0.6) is 0 Å². The van der Waals surface area contributed by atoms with Gasteiger partial charge in [0.2, 0.25) is 0 Å². The second-order valence-corrected chi connectivity index (χ2v) is 7.30. The first-order valence-electron chi connectivity index (χ1n) is 9.18. The van der Waals surface area contributed by atoms with Gasteiger partial charge in [-0.3, -0.25) is 9.59 Å². The number of ketones is 1. The molecule has 1 aromatic heterocycles. The lowest BCUT2D eigenvalue weighted by Crippen LogP contribution is -2.21. The van der Waals surface area contributed by atoms with Crippen LogP contribution in [0.25, 0.3) is 11.1 Å². The number of aromatic nitrogens is 1. The zero-order valence-electron chi connectivity index (χ0n) is 15.6. The number of hydrogen-bond acceptors (Lipinski definition) is 3. The van der Waals surface area contributed by atoms with Gasteiger partial charge in [0.05, 0.1) is 6.54 Å². The van der Waals surface area contributed by atoms with Crippen LogP contribution in [-0.4, -0.2) is 16.3 Å². The molecule has 3 aromatic carbocycles. The summed E-state index contributed by atoms with van der Waals surface area (Å²) < 4.78 is 1.71. The van der Waals surface area contributed by atoms with Crippen LogP contribution >= 0.6 is 11.3 Å². The van der Waals surface area contributed by atoms with E-state index in [1.54, 1.807) is 29.0 Å². The average Bonchev–Trinajstić information content (AvgIpc) is 3.21. The lowest BCUT2D eigenvalue weighted by atomic mass is 9.99. The summed E-state index contributed by atoms with van der Waals surface area (Å²) in [4.78, 5) is 30.3. The summed E-state index contributed by atoms with van der Waals surface area (Å²) in [6.45, 7) is 0.139. The number of rotatable bonds is 5. The highest BCUT2D eigenvalue weighted by Crippen LogP contribution is 2.23. The van der Waals surface area contributed by atoms with E-state index in [0.29, 0.717) is 15.9 Å². The molecular weight excluding hydrogens is 380 g/mol. The minimum atomic E-state index is -0.326. The number of nitrogens with zero attached hydrogens (tertiary/aromatic N) is 2. The van der Waals surface area contributed by atoms with Crippen molar-refractivity contribution in [1.29, 1.82) is 0 Å². The van der Waals surface area contributed by atoms with Gasteiger partial charge in [-0.1, -0.05) is 78.9 Å². The standard InChI is InChI=1S/C24H18N2O2S/c27-22(19-11-5-2-6-12-19)17-26-15-16-29-24(26)25-23(28)21-14-8-7-13-20(21)18-9-3-1-4-10-18/h1-16H,17H2. The van der Waals surface area contributed by atoms with Gasteiger partial charge in [-0.05, 0) is 17.2 Å². The molecule has 0 aliphatic rings. The summed E-state index contributed by atoms with van der Waals surface area (Å²) >= 11 is 1.33. The molecule has 0 aliphatic heterocycles. The molecule has 0 N–H and O–H groups in total. The van der Waals surface area contributed by atoms with Gasteiger partial charge in [0.15, 0.2) is 10.6 Å². The van der Waals surface area contributed by atoms with Crippen molar-refractivity contribution in [3.63, 3.8) is 0 Å². The Balaban J connectivity index is 1.65. The van der Waals surface area contributed by atoms with Gasteiger partial charge in [0.1, 0.15) is 0 Å². The number of thiazole rings is 1. The summed E-state index contributed by atoms with van der Waals surface area (Å²) in [5.74, 6) is -0.351. The number of Topliss-reactive ketones (excluding diaryl/α,β-unsaturated/α-hetero) is 1. The Morgan fingerprint density at radius 1 is 0.828 bits per heavy atom. The molecule has 1 amide bonds. The van der Waals surface area contributed by atoms with E-state index >= 15 is 0 Å². The maximum atomic E-state index is 13.0. The lowest BCUT2D eigenvalue weighted by molar-refractivity contribution is 0.0963. The smallest absolute Gasteiger partial charge is 0.280 e. The summed E-state index contributed by atoms with van der Waals surface area (Å²) in [5, 5.41) is 1.83. The predicted molar refractivity (Wildman–Crippen MR) is 115 cm³/mol. The van der Waals surface area contributed by atoms with Crippen molar-refractivity contribution in [2.24, 2.45) is 4.99 Å². The van der Waals surface area contributed by atoms with Crippen molar-refractivity contribution in [3.05, 3.63) is 112 Å². The van der Waals surface area contributed by atoms with Crippen molar-refractivity contribution in [2.45, 2.75) is 6.54 Å². The molecule has 5 heteroatoms. The van der Waals surface area contributed by atoms with Crippen LogP contribution in [0.15, 0.2) is 101 Å². The van der Waals surface area contributed by atoms with Crippen molar-refractivity contribution in [1.82, 2.24) is 4.57 Å². The fourth-order valence-corrected chi connectivity index (χ4v) is 3.79. The van der Waals surface area contributed by atoms with Gasteiger partial charge < -0.3 is 4.57 Å². The monoisotopic (exact) mass is 398 g/mol. The van der Waals surface area contributed by atoms with Crippen molar-refractivity contribution < 1.29 is 9.59 Å². The molecule has 0 aliphatic carbocycles. The van der Waals surface area contributed by atoms with Crippen molar-refractivity contribution in [2.75, 3.05) is 0 Å². The molecule has 0 bridgehead atoms. The number of amides is 1. The van der Waals surface area contributed by atoms with E-state index < -0.39 is 0 Å². The molecule has 29 heavy (non-hydrogen) atoms. The number of hydrogen-bond donors (Lipinski definition) is 0. The Bertz CT molecular complexity index is 1210. The second-order valence-electron chi connectivity index (χ2n) is 6.43. The van der Waals surface area contributed by atoms with E-state index in [1.807, 2.05) is 72.1 Å². The van der Waals surface area contributed by atoms with Crippen LogP contribution in [0.1, 0.15) is 20.7 Å². The zero-order valence-corrected chi connectivity index (χ0v) is 16.4. The minimum absolute atomic E-state index is 0.0254. The topological polar surface area (TPSA) is 51.4 Å². The maximum Gasteiger partial charge on any atom is 0.280 e. The van der Waals surface area contributed by atoms with Gasteiger partial charge >= 0.3 is 0 Å². The van der Waals surface area contributed by atoms with Gasteiger partial charge in [-0.2, -0.15) is 4.99 Å². The Labute approximate surface area is 172 Å². The largest absolute Gasteiger partial charge is 0.316 e. The van der Waals surface area contributed by atoms with E-state index in [2.05, 4.69) is 4.99 Å². The fourth-order valence-electron chi connectivity index (χ4n) is 3.06. The van der Waals surface area contributed by atoms with Crippen LogP contribution < -0.4 is 4.80 Å². The van der Waals surface area contributed by atoms with Crippen LogP contribution in [0.2, 0.25) is 0 Å². The fraction of sp³-hybridized carbons (Fsp3) is 0.0417. The van der Waals surface area contributed by atoms with Crippen molar-refractivity contribution in [3.8, 4) is 11.1 Å². The van der Waals surface area contributed by atoms with Gasteiger partial charge in [-0.15, -0.1) is 11.3 Å². The quantitative estimate of drug-likeness (QED) is 0.452. The molecule has 1 heterocycles. The first-order chi connectivity index (χ1) is 14.2. The second kappa shape index (κ2) is 8.63. The van der Waals surface area contributed by atoms with Crippen LogP contribution in [0.4, 0.5) is 0 Å². The van der Waals surface area contributed by atoms with Crippen LogP contribution in [-0.2, 0) is 6.54 Å². The molecule has 4 aromatic rings. The molecule has 0 saturated carbocycles. The molecule has 142 valence electrons. The van der Waals surface area contributed by atoms with Gasteiger partial charge in [0, 0.05) is 22.7 Å². The molecule has 0 spiro atoms. The number of carbonyl (C=O) groups excluding carboxylic acids is 2. The molecule has 0 saturated heterocycles. The third kappa shape index (κ3) is 4.31. The van der Waals surface area contributed by atoms with Gasteiger partial charge in [0.25, 0.3) is 5.91 Å². The minimum Gasteiger partial charge on any atom is -0.316 e. The number of carbonyl (C=O) groups is 2. The third-order valence-electron chi connectivity index (χ3n) is 4.51. The average molecular weight is 398 g/mol. The molecule has 0 radical (unpaired) electrons. The van der Waals surface area contributed by atoms with Crippen LogP contribution in [0.3, 0.4) is 0 Å². The first kappa shape index (κ1) is 18.8. The highest BCUT2D eigenvalue weighted by molar-refractivity contribution is 7.07. The molecule has 0 atom stereocenters. The lowest BCUT2D eigenvalue weighted by Gasteiger charge is -2.06. The van der Waals surface area contributed by atoms with E-state index in [4.69, 9.17) is 0 Å². The summed E-state index contributed by atoms with van der Waals surface area (Å²) in [6, 6.07) is 26.3. The first-order valence-corrected chi connectivity index (χ1v) is 10.1. The predicted octanol–water partition coefficient (Wildman–Crippen LogP) is 4.84. The number of benzene rings is 3. The Morgan fingerprint density at radius 2 is 1.48 bits per heavy atom. The molecular formula is C24H18N2O2S. The summed E-state index contributed by atoms with van der Waals surface area (Å²) in [5.41, 5.74) is 2.97. The molecule has 4 rings (SSSR count). The van der Waals surface area contributed by atoms with E-state index in [9.17, 15) is 9.59 Å². The SMILES string of the molecule is O=C(Cn1ccsc1=NC(=O)c1ccccc1-c1ccccc1)c1ccccc1. The highest BCUT2D eigenvalue weighted by Gasteiger charge is 2.13. The summed E-state index contributed by atoms with van der Waals surface area (Å²) in [7, 11) is 0. The van der Waals surface area contributed by atoms with E-state index in [0.717, 1.165) is 11.1 Å². The van der Waals surface area contributed by atoms with Crippen molar-refractivity contribution >= 4 is 23.0 Å². The maximum absolute atomic E-state index is 13.0. The Hall–Kier alpha value is -3.57. The van der Waals surface area contributed by atoms with Crippen LogP contribution in [0, 0.1) is 0 Å². The van der Waals surface area contributed by atoms with E-state index in [-0.39, 0.29) is 18.2 Å². The third-order valence-corrected chi connectivity index (χ3v) is 5.30. The highest BCUT2D eigenvalue weighted by atomic mass is 32.1. The normalized spacial score (nSPS) is 11.4. The van der Waals surface area contributed by atoms with E-state index in [1.165, 1.54) is 11.3 Å². The molecule has 4 nitrogen and oxygen atoms in total. The summed E-state index contributed by atoms with van der Waals surface area (Å²) in [6.07, 6.45) is 1.78. The van der Waals surface area contributed by atoms with Gasteiger partial charge in [-0.25, -0.2) is 0 Å².